The van der Waals surface area contributed by atoms with Gasteiger partial charge < -0.3 is 15.4 Å². The number of esters is 1. The maximum Gasteiger partial charge on any atom is 0.341 e. The SMILES string of the molecule is CC(C)CC(=O)NCCC(=O)N1NCCC[C@H]1C(=O)N[C@H](C(=O)COC(=O)c1c(Cl)cccc1Cl)C(C)C. The van der Waals surface area contributed by atoms with Crippen molar-refractivity contribution in [2.75, 3.05) is 19.7 Å². The number of amides is 3. The third kappa shape index (κ3) is 9.25. The number of carbonyl (C=O) groups excluding carboxylic acids is 5. The van der Waals surface area contributed by atoms with Crippen molar-refractivity contribution in [1.29, 1.82) is 0 Å². The molecule has 1 aromatic carbocycles. The van der Waals surface area contributed by atoms with E-state index in [1.54, 1.807) is 19.9 Å². The van der Waals surface area contributed by atoms with Crippen molar-refractivity contribution in [3.63, 3.8) is 0 Å². The molecule has 0 unspecified atom stereocenters. The number of hydrogen-bond acceptors (Lipinski definition) is 7. The fraction of sp³-hybridized carbons (Fsp3) is 0.577. The number of rotatable bonds is 12. The molecule has 0 aliphatic carbocycles. The van der Waals surface area contributed by atoms with Crippen LogP contribution in [0.4, 0.5) is 0 Å². The van der Waals surface area contributed by atoms with Gasteiger partial charge >= 0.3 is 5.97 Å². The Morgan fingerprint density at radius 2 is 1.76 bits per heavy atom. The Balaban J connectivity index is 1.98. The van der Waals surface area contributed by atoms with E-state index in [4.69, 9.17) is 27.9 Å². The molecule has 0 aromatic heterocycles. The van der Waals surface area contributed by atoms with Crippen LogP contribution >= 0.6 is 23.2 Å². The number of halogens is 2. The maximum absolute atomic E-state index is 13.2. The van der Waals surface area contributed by atoms with Gasteiger partial charge in [-0.25, -0.2) is 10.2 Å². The molecule has 1 heterocycles. The van der Waals surface area contributed by atoms with Crippen LogP contribution in [0.25, 0.3) is 0 Å². The van der Waals surface area contributed by atoms with Crippen LogP contribution in [0.5, 0.6) is 0 Å². The van der Waals surface area contributed by atoms with Crippen molar-refractivity contribution in [2.24, 2.45) is 11.8 Å². The highest BCUT2D eigenvalue weighted by Crippen LogP contribution is 2.25. The van der Waals surface area contributed by atoms with Gasteiger partial charge in [-0.2, -0.15) is 0 Å². The first kappa shape index (κ1) is 31.5. The highest BCUT2D eigenvalue weighted by Gasteiger charge is 2.35. The van der Waals surface area contributed by atoms with E-state index in [9.17, 15) is 24.0 Å². The molecule has 2 atom stereocenters. The van der Waals surface area contributed by atoms with Gasteiger partial charge in [-0.15, -0.1) is 0 Å². The zero-order valence-corrected chi connectivity index (χ0v) is 23.7. The molecule has 0 radical (unpaired) electrons. The Labute approximate surface area is 233 Å². The fourth-order valence-electron chi connectivity index (χ4n) is 3.98. The summed E-state index contributed by atoms with van der Waals surface area (Å²) >= 11 is 12.1. The smallest absolute Gasteiger partial charge is 0.341 e. The Kier molecular flexibility index (Phi) is 12.5. The van der Waals surface area contributed by atoms with Gasteiger partial charge in [-0.3, -0.25) is 24.2 Å². The zero-order chi connectivity index (χ0) is 28.4. The lowest BCUT2D eigenvalue weighted by molar-refractivity contribution is -0.147. The number of nitrogens with one attached hydrogen (secondary N) is 3. The van der Waals surface area contributed by atoms with Gasteiger partial charge in [-0.1, -0.05) is 57.0 Å². The summed E-state index contributed by atoms with van der Waals surface area (Å²) in [7, 11) is 0. The maximum atomic E-state index is 13.2. The van der Waals surface area contributed by atoms with E-state index in [2.05, 4.69) is 16.1 Å². The summed E-state index contributed by atoms with van der Waals surface area (Å²) in [6.45, 7) is 7.44. The molecule has 1 fully saturated rings. The number of benzene rings is 1. The van der Waals surface area contributed by atoms with Crippen molar-refractivity contribution in [3.05, 3.63) is 33.8 Å². The summed E-state index contributed by atoms with van der Waals surface area (Å²) in [6.07, 6.45) is 1.45. The van der Waals surface area contributed by atoms with E-state index in [0.717, 1.165) is 0 Å². The van der Waals surface area contributed by atoms with Crippen molar-refractivity contribution in [3.8, 4) is 0 Å². The summed E-state index contributed by atoms with van der Waals surface area (Å²) in [5, 5.41) is 6.89. The Morgan fingerprint density at radius 3 is 2.37 bits per heavy atom. The Morgan fingerprint density at radius 1 is 1.11 bits per heavy atom. The summed E-state index contributed by atoms with van der Waals surface area (Å²) in [6, 6.07) is 2.75. The standard InChI is InChI=1S/C26H36Cl2N4O6/c1-15(2)13-21(34)29-12-10-22(35)32-19(9-6-11-30-32)25(36)31-24(16(3)4)20(33)14-38-26(37)23-17(27)7-5-8-18(23)28/h5,7-8,15-16,19,24,30H,6,9-14H2,1-4H3,(H,29,34)(H,31,36)/t19-,24-/m0/s1. The van der Waals surface area contributed by atoms with Gasteiger partial charge in [0.15, 0.2) is 12.4 Å². The number of ketones is 1. The fourth-order valence-corrected chi connectivity index (χ4v) is 4.53. The van der Waals surface area contributed by atoms with Crippen LogP contribution in [0, 0.1) is 11.8 Å². The predicted octanol–water partition coefficient (Wildman–Crippen LogP) is 2.91. The van der Waals surface area contributed by atoms with Crippen LogP contribution in [0.15, 0.2) is 18.2 Å². The lowest BCUT2D eigenvalue weighted by Gasteiger charge is -2.36. The number of hydrazine groups is 1. The highest BCUT2D eigenvalue weighted by atomic mass is 35.5. The van der Waals surface area contributed by atoms with Gasteiger partial charge in [0.2, 0.25) is 17.7 Å². The second-order valence-electron chi connectivity index (χ2n) is 9.90. The molecular weight excluding hydrogens is 535 g/mol. The molecule has 2 rings (SSSR count). The predicted molar refractivity (Wildman–Crippen MR) is 143 cm³/mol. The van der Waals surface area contributed by atoms with E-state index in [1.165, 1.54) is 17.1 Å². The molecule has 0 bridgehead atoms. The van der Waals surface area contributed by atoms with Crippen molar-refractivity contribution in [1.82, 2.24) is 21.1 Å². The number of nitrogens with zero attached hydrogens (tertiary/aromatic N) is 1. The minimum atomic E-state index is -0.953. The minimum absolute atomic E-state index is 0.0215. The van der Waals surface area contributed by atoms with Gasteiger partial charge in [0.25, 0.3) is 0 Å². The molecule has 1 aromatic rings. The normalized spacial score (nSPS) is 16.2. The van der Waals surface area contributed by atoms with E-state index in [0.29, 0.717) is 25.8 Å². The van der Waals surface area contributed by atoms with E-state index < -0.39 is 36.4 Å². The molecule has 1 saturated heterocycles. The average molecular weight is 572 g/mol. The van der Waals surface area contributed by atoms with Gasteiger partial charge in [0, 0.05) is 25.9 Å². The number of carbonyl (C=O) groups is 5. The molecule has 0 saturated carbocycles. The summed E-state index contributed by atoms with van der Waals surface area (Å²) < 4.78 is 5.14. The van der Waals surface area contributed by atoms with Crippen LogP contribution in [-0.4, -0.2) is 66.3 Å². The van der Waals surface area contributed by atoms with Crippen LogP contribution in [-0.2, 0) is 23.9 Å². The van der Waals surface area contributed by atoms with Crippen molar-refractivity contribution < 1.29 is 28.7 Å². The first-order valence-corrected chi connectivity index (χ1v) is 13.4. The lowest BCUT2D eigenvalue weighted by atomic mass is 9.98. The molecular formula is C26H36Cl2N4O6. The van der Waals surface area contributed by atoms with Crippen molar-refractivity contribution >= 4 is 52.7 Å². The molecule has 10 nitrogen and oxygen atoms in total. The Bertz CT molecular complexity index is 1010. The number of Topliss-reactive ketones (excluding diaryl/α,β-unsaturated/α-hetero) is 1. The molecule has 210 valence electrons. The summed E-state index contributed by atoms with van der Waals surface area (Å²) in [5.74, 6) is -2.45. The van der Waals surface area contributed by atoms with Crippen LogP contribution in [0.1, 0.15) is 63.7 Å². The zero-order valence-electron chi connectivity index (χ0n) is 22.1. The molecule has 12 heteroatoms. The number of hydrogen-bond donors (Lipinski definition) is 3. The summed E-state index contributed by atoms with van der Waals surface area (Å²) in [4.78, 5) is 63.2. The average Bonchev–Trinajstić information content (AvgIpc) is 2.84. The molecule has 1 aliphatic heterocycles. The van der Waals surface area contributed by atoms with Crippen molar-refractivity contribution in [2.45, 2.75) is 65.5 Å². The van der Waals surface area contributed by atoms with Gasteiger partial charge in [0.05, 0.1) is 21.7 Å². The second kappa shape index (κ2) is 15.0. The monoisotopic (exact) mass is 570 g/mol. The molecule has 1 aliphatic rings. The summed E-state index contributed by atoms with van der Waals surface area (Å²) in [5.41, 5.74) is 2.91. The lowest BCUT2D eigenvalue weighted by Crippen LogP contribution is -2.61. The largest absolute Gasteiger partial charge is 0.454 e. The highest BCUT2D eigenvalue weighted by molar-refractivity contribution is 6.39. The quantitative estimate of drug-likeness (QED) is 0.329. The number of ether oxygens (including phenoxy) is 1. The minimum Gasteiger partial charge on any atom is -0.454 e. The molecule has 3 N–H and O–H groups in total. The van der Waals surface area contributed by atoms with Gasteiger partial charge in [-0.05, 0) is 36.8 Å². The van der Waals surface area contributed by atoms with Crippen LogP contribution in [0.3, 0.4) is 0 Å². The molecule has 38 heavy (non-hydrogen) atoms. The third-order valence-electron chi connectivity index (χ3n) is 5.90. The first-order valence-electron chi connectivity index (χ1n) is 12.7. The van der Waals surface area contributed by atoms with Crippen LogP contribution < -0.4 is 16.1 Å². The van der Waals surface area contributed by atoms with Crippen LogP contribution in [0.2, 0.25) is 10.0 Å². The molecule has 0 spiro atoms. The van der Waals surface area contributed by atoms with E-state index in [1.807, 2.05) is 13.8 Å². The Hall–Kier alpha value is -2.69. The second-order valence-corrected chi connectivity index (χ2v) is 10.7. The molecule has 3 amide bonds. The van der Waals surface area contributed by atoms with E-state index in [-0.39, 0.29) is 52.2 Å². The van der Waals surface area contributed by atoms with Gasteiger partial charge in [0.1, 0.15) is 6.04 Å². The third-order valence-corrected chi connectivity index (χ3v) is 6.53. The first-order chi connectivity index (χ1) is 17.9. The van der Waals surface area contributed by atoms with E-state index >= 15 is 0 Å². The topological polar surface area (TPSA) is 134 Å².